The molecule has 4 heteroatoms. The van der Waals surface area contributed by atoms with Gasteiger partial charge in [-0.2, -0.15) is 0 Å². The van der Waals surface area contributed by atoms with Crippen molar-refractivity contribution in [3.8, 4) is 5.75 Å². The minimum Gasteiger partial charge on any atom is -0.492 e. The maximum absolute atomic E-state index is 5.70. The molecule has 0 aliphatic rings. The van der Waals surface area contributed by atoms with Crippen LogP contribution in [-0.2, 0) is 6.54 Å². The van der Waals surface area contributed by atoms with Gasteiger partial charge in [0.05, 0.1) is 6.54 Å². The highest BCUT2D eigenvalue weighted by atomic mass is 16.5. The first-order valence-electron chi connectivity index (χ1n) is 7.46. The first-order valence-corrected chi connectivity index (χ1v) is 7.46. The van der Waals surface area contributed by atoms with Crippen molar-refractivity contribution >= 4 is 5.96 Å². The largest absolute Gasteiger partial charge is 0.492 e. The summed E-state index contributed by atoms with van der Waals surface area (Å²) in [6, 6.07) is 18.3. The number of aryl methyl sites for hydroxylation is 1. The first-order chi connectivity index (χ1) is 10.8. The van der Waals surface area contributed by atoms with Gasteiger partial charge < -0.3 is 15.4 Å². The third-order valence-electron chi connectivity index (χ3n) is 3.18. The minimum absolute atomic E-state index is 0.593. The summed E-state index contributed by atoms with van der Waals surface area (Å²) >= 11 is 0. The Morgan fingerprint density at radius 3 is 2.59 bits per heavy atom. The lowest BCUT2D eigenvalue weighted by molar-refractivity contribution is 0.321. The summed E-state index contributed by atoms with van der Waals surface area (Å²) in [5.41, 5.74) is 2.42. The Kier molecular flexibility index (Phi) is 6.30. The fourth-order valence-electron chi connectivity index (χ4n) is 2.05. The Morgan fingerprint density at radius 2 is 1.86 bits per heavy atom. The molecule has 0 amide bonds. The maximum atomic E-state index is 5.70. The van der Waals surface area contributed by atoms with Gasteiger partial charge in [-0.3, -0.25) is 4.99 Å². The second-order valence-electron chi connectivity index (χ2n) is 5.00. The van der Waals surface area contributed by atoms with Gasteiger partial charge >= 0.3 is 0 Å². The van der Waals surface area contributed by atoms with E-state index in [0.717, 1.165) is 18.3 Å². The highest BCUT2D eigenvalue weighted by Crippen LogP contribution is 2.11. The van der Waals surface area contributed by atoms with Crippen molar-refractivity contribution < 1.29 is 4.74 Å². The van der Waals surface area contributed by atoms with Gasteiger partial charge in [0.25, 0.3) is 0 Å². The average molecular weight is 297 g/mol. The lowest BCUT2D eigenvalue weighted by Gasteiger charge is -2.12. The van der Waals surface area contributed by atoms with Gasteiger partial charge in [0.1, 0.15) is 12.4 Å². The molecule has 2 rings (SSSR count). The molecular formula is C18H23N3O. The zero-order valence-corrected chi connectivity index (χ0v) is 13.2. The number of nitrogens with zero attached hydrogens (tertiary/aromatic N) is 1. The van der Waals surface area contributed by atoms with Crippen molar-refractivity contribution in [2.24, 2.45) is 4.99 Å². The van der Waals surface area contributed by atoms with E-state index in [0.29, 0.717) is 13.2 Å². The van der Waals surface area contributed by atoms with Crippen LogP contribution < -0.4 is 15.4 Å². The van der Waals surface area contributed by atoms with Crippen molar-refractivity contribution in [2.45, 2.75) is 13.5 Å². The monoisotopic (exact) mass is 297 g/mol. The van der Waals surface area contributed by atoms with E-state index in [2.05, 4.69) is 40.7 Å². The zero-order chi connectivity index (χ0) is 15.6. The normalized spacial score (nSPS) is 11.1. The van der Waals surface area contributed by atoms with E-state index < -0.39 is 0 Å². The number of aliphatic imine (C=N–C) groups is 1. The summed E-state index contributed by atoms with van der Waals surface area (Å²) in [4.78, 5) is 4.20. The van der Waals surface area contributed by atoms with Gasteiger partial charge in [0.2, 0.25) is 0 Å². The summed E-state index contributed by atoms with van der Waals surface area (Å²) < 4.78 is 5.70. The zero-order valence-electron chi connectivity index (χ0n) is 13.2. The number of hydrogen-bond donors (Lipinski definition) is 2. The lowest BCUT2D eigenvalue weighted by atomic mass is 10.2. The van der Waals surface area contributed by atoms with Crippen LogP contribution in [0.1, 0.15) is 11.1 Å². The molecule has 2 aromatic carbocycles. The molecule has 4 nitrogen and oxygen atoms in total. The van der Waals surface area contributed by atoms with Crippen LogP contribution in [0.25, 0.3) is 0 Å². The Bertz CT molecular complexity index is 596. The Balaban J connectivity index is 1.68. The van der Waals surface area contributed by atoms with Gasteiger partial charge in [-0.25, -0.2) is 0 Å². The van der Waals surface area contributed by atoms with Crippen LogP contribution in [-0.4, -0.2) is 26.2 Å². The van der Waals surface area contributed by atoms with E-state index in [-0.39, 0.29) is 0 Å². The molecule has 0 spiro atoms. The van der Waals surface area contributed by atoms with Crippen molar-refractivity contribution in [3.05, 3.63) is 65.7 Å². The molecule has 0 atom stereocenters. The molecule has 0 aliphatic heterocycles. The molecule has 0 saturated heterocycles. The summed E-state index contributed by atoms with van der Waals surface area (Å²) in [7, 11) is 1.77. The van der Waals surface area contributed by atoms with Crippen LogP contribution in [0.15, 0.2) is 59.6 Å². The van der Waals surface area contributed by atoms with Crippen LogP contribution in [0.2, 0.25) is 0 Å². The lowest BCUT2D eigenvalue weighted by Crippen LogP contribution is -2.38. The summed E-state index contributed by atoms with van der Waals surface area (Å²) in [5, 5.41) is 6.52. The van der Waals surface area contributed by atoms with Crippen LogP contribution in [0.3, 0.4) is 0 Å². The van der Waals surface area contributed by atoms with Crippen molar-refractivity contribution in [1.82, 2.24) is 10.6 Å². The highest BCUT2D eigenvalue weighted by molar-refractivity contribution is 5.79. The van der Waals surface area contributed by atoms with Crippen LogP contribution in [0.5, 0.6) is 5.75 Å². The van der Waals surface area contributed by atoms with Crippen LogP contribution >= 0.6 is 0 Å². The maximum Gasteiger partial charge on any atom is 0.191 e. The van der Waals surface area contributed by atoms with E-state index in [9.17, 15) is 0 Å². The quantitative estimate of drug-likeness (QED) is 0.489. The topological polar surface area (TPSA) is 45.7 Å². The highest BCUT2D eigenvalue weighted by Gasteiger charge is 1.98. The Morgan fingerprint density at radius 1 is 1.05 bits per heavy atom. The molecule has 0 bridgehead atoms. The minimum atomic E-state index is 0.593. The number of nitrogens with one attached hydrogen (secondary N) is 2. The van der Waals surface area contributed by atoms with E-state index in [1.54, 1.807) is 7.05 Å². The molecule has 0 unspecified atom stereocenters. The van der Waals surface area contributed by atoms with Gasteiger partial charge in [-0.15, -0.1) is 0 Å². The number of ether oxygens (including phenoxy) is 1. The summed E-state index contributed by atoms with van der Waals surface area (Å²) in [5.74, 6) is 1.67. The number of rotatable bonds is 6. The second kappa shape index (κ2) is 8.72. The fourth-order valence-corrected chi connectivity index (χ4v) is 2.05. The van der Waals surface area contributed by atoms with Crippen molar-refractivity contribution in [2.75, 3.05) is 20.2 Å². The van der Waals surface area contributed by atoms with Gasteiger partial charge in [-0.1, -0.05) is 42.5 Å². The van der Waals surface area contributed by atoms with E-state index in [1.807, 2.05) is 36.4 Å². The smallest absolute Gasteiger partial charge is 0.191 e. The predicted molar refractivity (Wildman–Crippen MR) is 91.3 cm³/mol. The molecule has 2 N–H and O–H groups in total. The summed E-state index contributed by atoms with van der Waals surface area (Å²) in [6.45, 7) is 4.09. The van der Waals surface area contributed by atoms with E-state index in [1.165, 1.54) is 11.1 Å². The second-order valence-corrected chi connectivity index (χ2v) is 5.00. The standard InChI is InChI=1S/C18H23N3O/c1-15-7-6-10-17(13-15)22-12-11-20-18(19-2)21-14-16-8-4-3-5-9-16/h3-10,13H,11-12,14H2,1-2H3,(H2,19,20,21). The van der Waals surface area contributed by atoms with Crippen LogP contribution in [0.4, 0.5) is 0 Å². The number of guanidine groups is 1. The van der Waals surface area contributed by atoms with Crippen LogP contribution in [0, 0.1) is 6.92 Å². The molecule has 0 aromatic heterocycles. The molecule has 0 saturated carbocycles. The number of benzene rings is 2. The first kappa shape index (κ1) is 15.9. The molecule has 0 heterocycles. The van der Waals surface area contributed by atoms with E-state index >= 15 is 0 Å². The Hall–Kier alpha value is -2.49. The molecule has 0 fully saturated rings. The van der Waals surface area contributed by atoms with E-state index in [4.69, 9.17) is 4.74 Å². The van der Waals surface area contributed by atoms with Crippen molar-refractivity contribution in [1.29, 1.82) is 0 Å². The SMILES string of the molecule is CN=C(NCCOc1cccc(C)c1)NCc1ccccc1. The average Bonchev–Trinajstić information content (AvgIpc) is 2.55. The molecule has 0 aliphatic carbocycles. The molecule has 22 heavy (non-hydrogen) atoms. The summed E-state index contributed by atoms with van der Waals surface area (Å²) in [6.07, 6.45) is 0. The molecule has 0 radical (unpaired) electrons. The number of hydrogen-bond acceptors (Lipinski definition) is 2. The van der Waals surface area contributed by atoms with Crippen molar-refractivity contribution in [3.63, 3.8) is 0 Å². The van der Waals surface area contributed by atoms with Gasteiger partial charge in [0.15, 0.2) is 5.96 Å². The van der Waals surface area contributed by atoms with Gasteiger partial charge in [-0.05, 0) is 30.2 Å². The predicted octanol–water partition coefficient (Wildman–Crippen LogP) is 2.74. The molecular weight excluding hydrogens is 274 g/mol. The fraction of sp³-hybridized carbons (Fsp3) is 0.278. The third kappa shape index (κ3) is 5.48. The molecule has 2 aromatic rings. The molecule has 116 valence electrons. The van der Waals surface area contributed by atoms with Gasteiger partial charge in [0, 0.05) is 13.6 Å². The third-order valence-corrected chi connectivity index (χ3v) is 3.18. The Labute approximate surface area is 132 Å².